The fraction of sp³-hybridized carbons (Fsp3) is 0.400. The van der Waals surface area contributed by atoms with Crippen LogP contribution in [0, 0.1) is 0 Å². The maximum absolute atomic E-state index is 11.0. The van der Waals surface area contributed by atoms with E-state index in [0.29, 0.717) is 10.6 Å². The van der Waals surface area contributed by atoms with Crippen LogP contribution in [0.1, 0.15) is 17.9 Å². The van der Waals surface area contributed by atoms with Crippen LogP contribution in [0.25, 0.3) is 0 Å². The van der Waals surface area contributed by atoms with Gasteiger partial charge in [0.25, 0.3) is 20.2 Å². The first kappa shape index (κ1) is 17.7. The Morgan fingerprint density at radius 1 is 1.05 bits per heavy atom. The SMILES string of the molecule is O=S(=O)(O)CC[C@H](CS(=O)(=O)O)c1ccc(Cl)cc1Cl. The molecule has 0 saturated heterocycles. The Morgan fingerprint density at radius 2 is 1.65 bits per heavy atom. The Hall–Kier alpha value is -0.380. The Kier molecular flexibility index (Phi) is 5.82. The fourth-order valence-electron chi connectivity index (χ4n) is 1.71. The summed E-state index contributed by atoms with van der Waals surface area (Å²) in [6.07, 6.45) is -0.208. The third-order valence-corrected chi connectivity index (χ3v) is 4.68. The van der Waals surface area contributed by atoms with Gasteiger partial charge in [-0.25, -0.2) is 0 Å². The van der Waals surface area contributed by atoms with Crippen molar-refractivity contribution in [2.24, 2.45) is 0 Å². The van der Waals surface area contributed by atoms with E-state index >= 15 is 0 Å². The molecule has 2 N–H and O–H groups in total. The predicted octanol–water partition coefficient (Wildman–Crippen LogP) is 2.24. The lowest BCUT2D eigenvalue weighted by Gasteiger charge is -2.16. The second-order valence-corrected chi connectivity index (χ2v) is 8.10. The minimum absolute atomic E-state index is 0.154. The van der Waals surface area contributed by atoms with Crippen molar-refractivity contribution in [3.8, 4) is 0 Å². The van der Waals surface area contributed by atoms with Gasteiger partial charge in [0, 0.05) is 16.0 Å². The third kappa shape index (κ3) is 6.38. The molecule has 0 unspecified atom stereocenters. The van der Waals surface area contributed by atoms with Gasteiger partial charge in [0.15, 0.2) is 0 Å². The smallest absolute Gasteiger partial charge is 0.265 e. The Balaban J connectivity index is 3.09. The first-order chi connectivity index (χ1) is 8.98. The van der Waals surface area contributed by atoms with Crippen molar-refractivity contribution in [1.82, 2.24) is 0 Å². The van der Waals surface area contributed by atoms with E-state index in [9.17, 15) is 16.8 Å². The minimum Gasteiger partial charge on any atom is -0.286 e. The van der Waals surface area contributed by atoms with Crippen molar-refractivity contribution in [3.05, 3.63) is 33.8 Å². The maximum atomic E-state index is 11.0. The number of hydrogen-bond donors (Lipinski definition) is 2. The van der Waals surface area contributed by atoms with Crippen LogP contribution in [-0.2, 0) is 20.2 Å². The van der Waals surface area contributed by atoms with Crippen LogP contribution in [0.5, 0.6) is 0 Å². The second kappa shape index (κ2) is 6.59. The van der Waals surface area contributed by atoms with E-state index in [0.717, 1.165) is 0 Å². The molecule has 1 rings (SSSR count). The van der Waals surface area contributed by atoms with Crippen LogP contribution in [0.4, 0.5) is 0 Å². The van der Waals surface area contributed by atoms with Crippen molar-refractivity contribution in [2.75, 3.05) is 11.5 Å². The van der Waals surface area contributed by atoms with Crippen molar-refractivity contribution in [3.63, 3.8) is 0 Å². The average molecular weight is 363 g/mol. The van der Waals surface area contributed by atoms with Crippen LogP contribution >= 0.6 is 23.2 Å². The Morgan fingerprint density at radius 3 is 2.10 bits per heavy atom. The lowest BCUT2D eigenvalue weighted by molar-refractivity contribution is 0.466. The van der Waals surface area contributed by atoms with E-state index in [2.05, 4.69) is 0 Å². The van der Waals surface area contributed by atoms with Crippen LogP contribution in [0.3, 0.4) is 0 Å². The molecule has 0 spiro atoms. The maximum Gasteiger partial charge on any atom is 0.265 e. The molecule has 0 aliphatic rings. The van der Waals surface area contributed by atoms with Gasteiger partial charge in [0.2, 0.25) is 0 Å². The summed E-state index contributed by atoms with van der Waals surface area (Å²) in [4.78, 5) is 0. The Bertz CT molecular complexity index is 684. The van der Waals surface area contributed by atoms with Crippen LogP contribution in [-0.4, -0.2) is 37.4 Å². The highest BCUT2D eigenvalue weighted by atomic mass is 35.5. The summed E-state index contributed by atoms with van der Waals surface area (Å²) in [6.45, 7) is 0. The molecule has 114 valence electrons. The molecule has 1 aromatic rings. The largest absolute Gasteiger partial charge is 0.286 e. The highest BCUT2D eigenvalue weighted by Gasteiger charge is 2.23. The molecule has 0 heterocycles. The molecule has 0 aliphatic heterocycles. The normalized spacial score (nSPS) is 14.2. The van der Waals surface area contributed by atoms with Crippen molar-refractivity contribution < 1.29 is 25.9 Å². The van der Waals surface area contributed by atoms with Gasteiger partial charge in [-0.05, 0) is 24.1 Å². The molecule has 0 saturated carbocycles. The van der Waals surface area contributed by atoms with Gasteiger partial charge in [-0.15, -0.1) is 0 Å². The van der Waals surface area contributed by atoms with Gasteiger partial charge in [0.1, 0.15) is 0 Å². The van der Waals surface area contributed by atoms with Crippen molar-refractivity contribution in [1.29, 1.82) is 0 Å². The zero-order valence-corrected chi connectivity index (χ0v) is 13.2. The molecular formula is C10H12Cl2O6S2. The topological polar surface area (TPSA) is 109 Å². The van der Waals surface area contributed by atoms with Gasteiger partial charge >= 0.3 is 0 Å². The van der Waals surface area contributed by atoms with E-state index in [4.69, 9.17) is 32.3 Å². The summed E-state index contributed by atoms with van der Waals surface area (Å²) in [5.41, 5.74) is 0.331. The number of hydrogen-bond acceptors (Lipinski definition) is 4. The van der Waals surface area contributed by atoms with E-state index in [-0.39, 0.29) is 11.4 Å². The molecule has 0 bridgehead atoms. The van der Waals surface area contributed by atoms with Gasteiger partial charge in [-0.2, -0.15) is 16.8 Å². The van der Waals surface area contributed by atoms with Crippen LogP contribution in [0.2, 0.25) is 10.0 Å². The van der Waals surface area contributed by atoms with Gasteiger partial charge < -0.3 is 0 Å². The predicted molar refractivity (Wildman–Crippen MR) is 76.7 cm³/mol. The molecule has 0 aliphatic carbocycles. The quantitative estimate of drug-likeness (QED) is 0.751. The monoisotopic (exact) mass is 362 g/mol. The standard InChI is InChI=1S/C10H12Cl2O6S2/c11-8-1-2-9(10(12)5-8)7(6-20(16,17)18)3-4-19(13,14)15/h1-2,5,7H,3-4,6H2,(H,13,14,15)(H,16,17,18)/t7-/m1/s1. The van der Waals surface area contributed by atoms with Gasteiger partial charge in [0.05, 0.1) is 11.5 Å². The average Bonchev–Trinajstić information content (AvgIpc) is 2.22. The lowest BCUT2D eigenvalue weighted by Crippen LogP contribution is -2.18. The first-order valence-electron chi connectivity index (χ1n) is 5.33. The van der Waals surface area contributed by atoms with E-state index in [1.165, 1.54) is 18.2 Å². The summed E-state index contributed by atoms with van der Waals surface area (Å²) in [6, 6.07) is 4.29. The highest BCUT2D eigenvalue weighted by Crippen LogP contribution is 2.30. The molecule has 6 nitrogen and oxygen atoms in total. The zero-order chi connectivity index (χ0) is 15.6. The summed E-state index contributed by atoms with van der Waals surface area (Å²) < 4.78 is 61.2. The number of benzene rings is 1. The van der Waals surface area contributed by atoms with E-state index in [1.54, 1.807) is 0 Å². The van der Waals surface area contributed by atoms with Crippen LogP contribution in [0.15, 0.2) is 18.2 Å². The first-order valence-corrected chi connectivity index (χ1v) is 9.30. The number of rotatable bonds is 6. The summed E-state index contributed by atoms with van der Waals surface area (Å²) in [7, 11) is -8.58. The molecule has 20 heavy (non-hydrogen) atoms. The lowest BCUT2D eigenvalue weighted by atomic mass is 9.98. The summed E-state index contributed by atoms with van der Waals surface area (Å²) in [5.74, 6) is -2.23. The third-order valence-electron chi connectivity index (χ3n) is 2.54. The van der Waals surface area contributed by atoms with Crippen LogP contribution < -0.4 is 0 Å². The second-order valence-electron chi connectivity index (χ2n) is 4.19. The molecule has 0 fully saturated rings. The Labute approximate surface area is 127 Å². The van der Waals surface area contributed by atoms with Gasteiger partial charge in [-0.3, -0.25) is 9.11 Å². The molecule has 0 aromatic heterocycles. The van der Waals surface area contributed by atoms with Gasteiger partial charge in [-0.1, -0.05) is 29.3 Å². The van der Waals surface area contributed by atoms with E-state index < -0.39 is 37.7 Å². The molecule has 1 atom stereocenters. The molecule has 1 aromatic carbocycles. The molecule has 0 amide bonds. The molecule has 10 heteroatoms. The van der Waals surface area contributed by atoms with E-state index in [1.807, 2.05) is 0 Å². The zero-order valence-electron chi connectivity index (χ0n) is 10.0. The number of halogens is 2. The highest BCUT2D eigenvalue weighted by molar-refractivity contribution is 7.86. The summed E-state index contributed by atoms with van der Waals surface area (Å²) >= 11 is 11.6. The molecule has 0 radical (unpaired) electrons. The van der Waals surface area contributed by atoms with Crippen molar-refractivity contribution in [2.45, 2.75) is 12.3 Å². The summed E-state index contributed by atoms with van der Waals surface area (Å²) in [5, 5.41) is 0.487. The molecular weight excluding hydrogens is 351 g/mol. The van der Waals surface area contributed by atoms with Crippen molar-refractivity contribution >= 4 is 43.4 Å². The minimum atomic E-state index is -4.33. The fourth-order valence-corrected chi connectivity index (χ4v) is 3.71.